The van der Waals surface area contributed by atoms with E-state index in [2.05, 4.69) is 48.4 Å². The Hall–Kier alpha value is -3.22. The second-order valence-electron chi connectivity index (χ2n) is 9.17. The molecule has 4 aromatic rings. The molecule has 4 heterocycles. The Morgan fingerprint density at radius 2 is 1.73 bits per heavy atom. The molecule has 0 aliphatic carbocycles. The lowest BCUT2D eigenvalue weighted by molar-refractivity contribution is 0.102. The van der Waals surface area contributed by atoms with E-state index >= 15 is 0 Å². The number of hydrogen-bond donors (Lipinski definition) is 2. The Bertz CT molecular complexity index is 1480. The minimum absolute atomic E-state index is 0.163. The Kier molecular flexibility index (Phi) is 8.87. The van der Waals surface area contributed by atoms with Gasteiger partial charge in [-0.15, -0.1) is 11.3 Å². The summed E-state index contributed by atoms with van der Waals surface area (Å²) >= 11 is 14.2. The molecule has 5 rings (SSSR count). The van der Waals surface area contributed by atoms with Crippen LogP contribution in [-0.2, 0) is 6.54 Å². The van der Waals surface area contributed by atoms with Crippen LogP contribution >= 0.6 is 34.5 Å². The van der Waals surface area contributed by atoms with Crippen molar-refractivity contribution in [1.29, 1.82) is 0 Å². The molecule has 1 aliphatic heterocycles. The molecule has 40 heavy (non-hydrogen) atoms. The molecule has 0 spiro atoms. The summed E-state index contributed by atoms with van der Waals surface area (Å²) in [7, 11) is 2.93. The normalized spacial score (nSPS) is 14.3. The lowest BCUT2D eigenvalue weighted by Gasteiger charge is -2.33. The fourth-order valence-corrected chi connectivity index (χ4v) is 6.05. The highest BCUT2D eigenvalue weighted by Gasteiger charge is 2.23. The van der Waals surface area contributed by atoms with Crippen molar-refractivity contribution >= 4 is 68.0 Å². The van der Waals surface area contributed by atoms with E-state index in [-0.39, 0.29) is 15.7 Å². The Labute approximate surface area is 246 Å². The summed E-state index contributed by atoms with van der Waals surface area (Å²) in [5.74, 6) is 1.42. The van der Waals surface area contributed by atoms with Crippen molar-refractivity contribution < 1.29 is 14.3 Å². The third kappa shape index (κ3) is 5.93. The van der Waals surface area contributed by atoms with Crippen LogP contribution in [0.25, 0.3) is 10.2 Å². The summed E-state index contributed by atoms with van der Waals surface area (Å²) in [5, 5.41) is 8.09. The standard InChI is InChI=1S/C27H29Cl2N7O3S/c1-4-35-7-9-36(10-8-35)13-16-5-6-20(30-12-16)33-26-25-23(31-15-32-26)17(14-40-25)27(37)34-24-21(28)18(38-2)11-19(39-3)22(24)29/h5-6,11-12,14-15H,4,7-10,13H2,1-3H3,(H,34,37)(H,30,31,32,33). The zero-order chi connectivity index (χ0) is 28.2. The lowest BCUT2D eigenvalue weighted by atomic mass is 10.2. The number of methoxy groups -OCH3 is 2. The molecule has 1 amide bonds. The first-order valence-electron chi connectivity index (χ1n) is 12.7. The Balaban J connectivity index is 1.31. The van der Waals surface area contributed by atoms with Gasteiger partial charge >= 0.3 is 0 Å². The van der Waals surface area contributed by atoms with Gasteiger partial charge in [0.05, 0.1) is 35.7 Å². The molecule has 0 atom stereocenters. The molecule has 0 unspecified atom stereocenters. The average Bonchev–Trinajstić information content (AvgIpc) is 3.42. The van der Waals surface area contributed by atoms with E-state index in [1.807, 2.05) is 12.3 Å². The van der Waals surface area contributed by atoms with Gasteiger partial charge in [0, 0.05) is 50.4 Å². The molecule has 10 nitrogen and oxygen atoms in total. The number of hydrogen-bond acceptors (Lipinski definition) is 10. The van der Waals surface area contributed by atoms with Crippen LogP contribution in [0.15, 0.2) is 36.1 Å². The van der Waals surface area contributed by atoms with Gasteiger partial charge in [-0.3, -0.25) is 9.69 Å². The number of piperazine rings is 1. The first-order chi connectivity index (χ1) is 19.4. The Morgan fingerprint density at radius 3 is 2.35 bits per heavy atom. The van der Waals surface area contributed by atoms with Crippen molar-refractivity contribution in [1.82, 2.24) is 24.8 Å². The van der Waals surface area contributed by atoms with Crippen LogP contribution < -0.4 is 20.1 Å². The van der Waals surface area contributed by atoms with Crippen LogP contribution in [0.5, 0.6) is 11.5 Å². The lowest BCUT2D eigenvalue weighted by Crippen LogP contribution is -2.45. The summed E-state index contributed by atoms with van der Waals surface area (Å²) in [6, 6.07) is 5.57. The summed E-state index contributed by atoms with van der Waals surface area (Å²) in [5.41, 5.74) is 2.19. The topological polar surface area (TPSA) is 105 Å². The number of amides is 1. The van der Waals surface area contributed by atoms with Gasteiger partial charge in [0.1, 0.15) is 33.7 Å². The van der Waals surface area contributed by atoms with Crippen molar-refractivity contribution in [3.8, 4) is 11.5 Å². The quantitative estimate of drug-likeness (QED) is 0.255. The van der Waals surface area contributed by atoms with E-state index in [9.17, 15) is 4.79 Å². The number of carbonyl (C=O) groups excluding carboxylic acids is 1. The number of thiophene rings is 1. The van der Waals surface area contributed by atoms with Gasteiger partial charge in [-0.2, -0.15) is 0 Å². The maximum atomic E-state index is 13.3. The highest BCUT2D eigenvalue weighted by Crippen LogP contribution is 2.44. The highest BCUT2D eigenvalue weighted by atomic mass is 35.5. The number of aromatic nitrogens is 3. The second-order valence-corrected chi connectivity index (χ2v) is 10.8. The molecule has 0 saturated carbocycles. The molecule has 1 aliphatic rings. The first kappa shape index (κ1) is 28.3. The number of halogens is 2. The molecule has 1 aromatic carbocycles. The minimum atomic E-state index is -0.433. The monoisotopic (exact) mass is 601 g/mol. The molecule has 210 valence electrons. The molecule has 1 saturated heterocycles. The van der Waals surface area contributed by atoms with Crippen molar-refractivity contribution in [3.05, 3.63) is 57.3 Å². The zero-order valence-electron chi connectivity index (χ0n) is 22.3. The highest BCUT2D eigenvalue weighted by molar-refractivity contribution is 7.18. The molecular weight excluding hydrogens is 573 g/mol. The number of benzene rings is 1. The van der Waals surface area contributed by atoms with E-state index in [4.69, 9.17) is 32.7 Å². The smallest absolute Gasteiger partial charge is 0.258 e. The molecule has 1 fully saturated rings. The molecular formula is C27H29Cl2N7O3S. The van der Waals surface area contributed by atoms with E-state index in [1.54, 1.807) is 11.4 Å². The van der Waals surface area contributed by atoms with Gasteiger partial charge in [0.15, 0.2) is 5.82 Å². The third-order valence-corrected chi connectivity index (χ3v) is 8.53. The SMILES string of the molecule is CCN1CCN(Cc2ccc(Nc3ncnc4c(C(=O)Nc5c(Cl)c(OC)cc(OC)c5Cl)csc34)nc2)CC1. The summed E-state index contributed by atoms with van der Waals surface area (Å²) in [4.78, 5) is 31.6. The van der Waals surface area contributed by atoms with Crippen LogP contribution in [0.4, 0.5) is 17.3 Å². The van der Waals surface area contributed by atoms with Crippen LogP contribution in [0.1, 0.15) is 22.8 Å². The zero-order valence-corrected chi connectivity index (χ0v) is 24.7. The molecule has 0 bridgehead atoms. The van der Waals surface area contributed by atoms with Gasteiger partial charge in [0.2, 0.25) is 0 Å². The third-order valence-electron chi connectivity index (χ3n) is 6.80. The van der Waals surface area contributed by atoms with E-state index < -0.39 is 5.91 Å². The van der Waals surface area contributed by atoms with Crippen LogP contribution in [0, 0.1) is 0 Å². The number of pyridine rings is 1. The van der Waals surface area contributed by atoms with Crippen molar-refractivity contribution in [2.24, 2.45) is 0 Å². The van der Waals surface area contributed by atoms with Crippen LogP contribution in [0.3, 0.4) is 0 Å². The number of carbonyl (C=O) groups is 1. The van der Waals surface area contributed by atoms with E-state index in [0.29, 0.717) is 38.9 Å². The van der Waals surface area contributed by atoms with Crippen LogP contribution in [-0.4, -0.2) is 77.6 Å². The van der Waals surface area contributed by atoms with Gasteiger partial charge in [-0.1, -0.05) is 36.2 Å². The van der Waals surface area contributed by atoms with Crippen molar-refractivity contribution in [2.75, 3.05) is 57.6 Å². The fourth-order valence-electron chi connectivity index (χ4n) is 4.51. The molecule has 13 heteroatoms. The second kappa shape index (κ2) is 12.5. The summed E-state index contributed by atoms with van der Waals surface area (Å²) in [6.07, 6.45) is 3.29. The number of nitrogens with zero attached hydrogens (tertiary/aromatic N) is 5. The number of nitrogens with one attached hydrogen (secondary N) is 2. The largest absolute Gasteiger partial charge is 0.495 e. The Morgan fingerprint density at radius 1 is 1.02 bits per heavy atom. The number of likely N-dealkylation sites (N-methyl/N-ethyl adjacent to an activating group) is 1. The van der Waals surface area contributed by atoms with E-state index in [1.165, 1.54) is 31.9 Å². The van der Waals surface area contributed by atoms with Gasteiger partial charge in [-0.25, -0.2) is 15.0 Å². The number of ether oxygens (including phenoxy) is 2. The van der Waals surface area contributed by atoms with Crippen molar-refractivity contribution in [3.63, 3.8) is 0 Å². The maximum absolute atomic E-state index is 13.3. The minimum Gasteiger partial charge on any atom is -0.495 e. The summed E-state index contributed by atoms with van der Waals surface area (Å²) < 4.78 is 11.3. The number of anilines is 3. The van der Waals surface area contributed by atoms with Gasteiger partial charge < -0.3 is 25.0 Å². The van der Waals surface area contributed by atoms with Crippen molar-refractivity contribution in [2.45, 2.75) is 13.5 Å². The number of fused-ring (bicyclic) bond motifs is 1. The predicted molar refractivity (Wildman–Crippen MR) is 160 cm³/mol. The average molecular weight is 603 g/mol. The molecule has 3 aromatic heterocycles. The first-order valence-corrected chi connectivity index (χ1v) is 14.4. The molecule has 2 N–H and O–H groups in total. The predicted octanol–water partition coefficient (Wildman–Crippen LogP) is 5.54. The van der Waals surface area contributed by atoms with Gasteiger partial charge in [0.25, 0.3) is 5.91 Å². The van der Waals surface area contributed by atoms with Crippen LogP contribution in [0.2, 0.25) is 10.0 Å². The van der Waals surface area contributed by atoms with Gasteiger partial charge in [-0.05, 0) is 18.2 Å². The molecule has 0 radical (unpaired) electrons. The maximum Gasteiger partial charge on any atom is 0.258 e. The fraction of sp³-hybridized carbons (Fsp3) is 0.333. The summed E-state index contributed by atoms with van der Waals surface area (Å²) in [6.45, 7) is 8.50. The number of rotatable bonds is 9. The van der Waals surface area contributed by atoms with E-state index in [0.717, 1.165) is 44.8 Å².